The van der Waals surface area contributed by atoms with Crippen molar-refractivity contribution < 1.29 is 27.4 Å². The molecular weight excluding hydrogens is 498 g/mol. The van der Waals surface area contributed by atoms with E-state index in [0.717, 1.165) is 24.2 Å². The van der Waals surface area contributed by atoms with E-state index in [-0.39, 0.29) is 18.0 Å². The van der Waals surface area contributed by atoms with Crippen LogP contribution in [0.25, 0.3) is 11.8 Å². The maximum atomic E-state index is 13.0. The van der Waals surface area contributed by atoms with Crippen molar-refractivity contribution in [1.29, 1.82) is 5.26 Å². The summed E-state index contributed by atoms with van der Waals surface area (Å²) in [5, 5.41) is 21.2. The highest BCUT2D eigenvalue weighted by Gasteiger charge is 2.38. The van der Waals surface area contributed by atoms with Crippen molar-refractivity contribution in [3.8, 4) is 11.8 Å². The van der Waals surface area contributed by atoms with Gasteiger partial charge < -0.3 is 9.84 Å². The SMILES string of the molecule is C=C(/C=C\C=C/CC#N)OCC(O)C(F)(F)F.CC.CC1=CCCc2cnn(-c3ccc(F)cc3)c2/C=C\1. The molecular formula is C29H33F4N3O2. The average Bonchev–Trinajstić information content (AvgIpc) is 3.27. The van der Waals surface area contributed by atoms with Crippen molar-refractivity contribution in [2.24, 2.45) is 0 Å². The van der Waals surface area contributed by atoms with E-state index in [1.165, 1.54) is 41.5 Å². The van der Waals surface area contributed by atoms with E-state index in [0.29, 0.717) is 0 Å². The summed E-state index contributed by atoms with van der Waals surface area (Å²) >= 11 is 0. The first kappa shape index (κ1) is 32.1. The van der Waals surface area contributed by atoms with Crippen LogP contribution in [0.4, 0.5) is 17.6 Å². The smallest absolute Gasteiger partial charge is 0.417 e. The molecule has 1 aliphatic rings. The third kappa shape index (κ3) is 11.4. The van der Waals surface area contributed by atoms with Gasteiger partial charge in [0.25, 0.3) is 0 Å². The Morgan fingerprint density at radius 3 is 2.55 bits per heavy atom. The minimum absolute atomic E-state index is 0.00472. The standard InChI is InChI=1S/C16H15FN2.C11H12F3NO2.C2H6/c1-12-3-2-4-13-11-18-19(16(13)10-5-12)15-8-6-14(17)7-9-15;1-9(6-4-2-3-5-7-15)17-8-10(16)11(12,13)14;1-2/h3,5-11H,2,4H2,1H3;2-4,6,10,16H,1,5,8H2;1-2H3/b10-5-,12-3?;3-2-,6-4-;. The van der Waals surface area contributed by atoms with E-state index in [1.807, 2.05) is 30.8 Å². The van der Waals surface area contributed by atoms with Gasteiger partial charge in [0.1, 0.15) is 18.2 Å². The second-order valence-electron chi connectivity index (χ2n) is 7.75. The average molecular weight is 532 g/mol. The number of nitriles is 1. The monoisotopic (exact) mass is 531 g/mol. The Labute approximate surface area is 221 Å². The number of rotatable bonds is 7. The molecule has 1 heterocycles. The van der Waals surface area contributed by atoms with Crippen molar-refractivity contribution in [2.45, 2.75) is 52.3 Å². The van der Waals surface area contributed by atoms with E-state index in [9.17, 15) is 17.6 Å². The molecule has 0 saturated carbocycles. The topological polar surface area (TPSA) is 71.1 Å². The van der Waals surface area contributed by atoms with E-state index < -0.39 is 18.9 Å². The van der Waals surface area contributed by atoms with Crippen LogP contribution in [0.1, 0.15) is 44.9 Å². The summed E-state index contributed by atoms with van der Waals surface area (Å²) in [4.78, 5) is 0. The van der Waals surface area contributed by atoms with Crippen LogP contribution in [-0.4, -0.2) is 33.8 Å². The Morgan fingerprint density at radius 2 is 1.92 bits per heavy atom. The van der Waals surface area contributed by atoms with Crippen molar-refractivity contribution in [2.75, 3.05) is 6.61 Å². The van der Waals surface area contributed by atoms with Gasteiger partial charge in [-0.25, -0.2) is 9.07 Å². The number of allylic oxidation sites excluding steroid dienone is 7. The number of benzene rings is 1. The summed E-state index contributed by atoms with van der Waals surface area (Å²) in [5.74, 6) is -0.233. The third-order valence-corrected chi connectivity index (χ3v) is 4.88. The number of aryl methyl sites for hydroxylation is 1. The van der Waals surface area contributed by atoms with E-state index >= 15 is 0 Å². The van der Waals surface area contributed by atoms with Gasteiger partial charge in [0, 0.05) is 0 Å². The van der Waals surface area contributed by atoms with Crippen LogP contribution in [0.15, 0.2) is 84.8 Å². The van der Waals surface area contributed by atoms with Crippen LogP contribution in [0, 0.1) is 17.1 Å². The zero-order valence-corrected chi connectivity index (χ0v) is 21.8. The number of halogens is 4. The summed E-state index contributed by atoms with van der Waals surface area (Å²) in [6, 6.07) is 8.30. The minimum Gasteiger partial charge on any atom is -0.491 e. The number of aromatic nitrogens is 2. The van der Waals surface area contributed by atoms with Gasteiger partial charge in [-0.3, -0.25) is 0 Å². The quantitative estimate of drug-likeness (QED) is 0.229. The van der Waals surface area contributed by atoms with Gasteiger partial charge in [0.05, 0.1) is 30.1 Å². The van der Waals surface area contributed by atoms with E-state index in [1.54, 1.807) is 18.2 Å². The molecule has 204 valence electrons. The van der Waals surface area contributed by atoms with E-state index in [2.05, 4.69) is 41.6 Å². The molecule has 1 atom stereocenters. The lowest BCUT2D eigenvalue weighted by Gasteiger charge is -2.14. The normalized spacial score (nSPS) is 14.4. The van der Waals surface area contributed by atoms with Crippen molar-refractivity contribution >= 4 is 6.08 Å². The van der Waals surface area contributed by atoms with Gasteiger partial charge in [-0.05, 0) is 61.7 Å². The van der Waals surface area contributed by atoms with Gasteiger partial charge in [-0.2, -0.15) is 23.5 Å². The highest BCUT2D eigenvalue weighted by molar-refractivity contribution is 5.56. The lowest BCUT2D eigenvalue weighted by Crippen LogP contribution is -2.32. The van der Waals surface area contributed by atoms with Gasteiger partial charge in [0.15, 0.2) is 6.10 Å². The Kier molecular flexibility index (Phi) is 14.2. The number of aliphatic hydroxyl groups excluding tert-OH is 1. The molecule has 0 aliphatic heterocycles. The molecule has 9 heteroatoms. The van der Waals surface area contributed by atoms with Crippen LogP contribution in [-0.2, 0) is 11.2 Å². The number of alkyl halides is 3. The zero-order chi connectivity index (χ0) is 28.6. The van der Waals surface area contributed by atoms with Crippen LogP contribution >= 0.6 is 0 Å². The highest BCUT2D eigenvalue weighted by Crippen LogP contribution is 2.22. The summed E-state index contributed by atoms with van der Waals surface area (Å²) in [6.07, 6.45) is 9.24. The molecule has 0 radical (unpaired) electrons. The van der Waals surface area contributed by atoms with Gasteiger partial charge in [-0.15, -0.1) is 0 Å². The third-order valence-electron chi connectivity index (χ3n) is 4.88. The number of nitrogens with zero attached hydrogens (tertiary/aromatic N) is 3. The molecule has 2 aromatic rings. The summed E-state index contributed by atoms with van der Waals surface area (Å²) in [6.45, 7) is 8.54. The van der Waals surface area contributed by atoms with Crippen LogP contribution < -0.4 is 0 Å². The molecule has 0 fully saturated rings. The second kappa shape index (κ2) is 16.8. The van der Waals surface area contributed by atoms with Crippen molar-refractivity contribution in [1.82, 2.24) is 9.78 Å². The summed E-state index contributed by atoms with van der Waals surface area (Å²) in [5.41, 5.74) is 4.45. The number of ether oxygens (including phenoxy) is 1. The number of fused-ring (bicyclic) bond motifs is 1. The molecule has 0 amide bonds. The molecule has 0 bridgehead atoms. The fourth-order valence-corrected chi connectivity index (χ4v) is 2.97. The Morgan fingerprint density at radius 1 is 1.24 bits per heavy atom. The lowest BCUT2D eigenvalue weighted by molar-refractivity contribution is -0.214. The van der Waals surface area contributed by atoms with Crippen molar-refractivity contribution in [3.63, 3.8) is 0 Å². The predicted octanol–water partition coefficient (Wildman–Crippen LogP) is 7.41. The Balaban J connectivity index is 0.000000360. The van der Waals surface area contributed by atoms with Gasteiger partial charge in [-0.1, -0.05) is 56.4 Å². The molecule has 1 aromatic heterocycles. The Hall–Kier alpha value is -3.90. The lowest BCUT2D eigenvalue weighted by atomic mass is 10.0. The van der Waals surface area contributed by atoms with Gasteiger partial charge in [0.2, 0.25) is 0 Å². The number of aliphatic hydroxyl groups is 1. The molecule has 1 aromatic carbocycles. The summed E-state index contributed by atoms with van der Waals surface area (Å²) in [7, 11) is 0. The fourth-order valence-electron chi connectivity index (χ4n) is 2.97. The molecule has 5 nitrogen and oxygen atoms in total. The maximum absolute atomic E-state index is 13.0. The van der Waals surface area contributed by atoms with Crippen LogP contribution in [0.5, 0.6) is 0 Å². The minimum atomic E-state index is -4.70. The van der Waals surface area contributed by atoms with E-state index in [4.69, 9.17) is 10.4 Å². The maximum Gasteiger partial charge on any atom is 0.417 e. The zero-order valence-electron chi connectivity index (χ0n) is 21.8. The number of hydrogen-bond donors (Lipinski definition) is 1. The fraction of sp³-hybridized carbons (Fsp3) is 0.310. The molecule has 3 rings (SSSR count). The Bertz CT molecular complexity index is 1170. The molecule has 38 heavy (non-hydrogen) atoms. The largest absolute Gasteiger partial charge is 0.491 e. The first-order valence-corrected chi connectivity index (χ1v) is 12.1. The van der Waals surface area contributed by atoms with Crippen molar-refractivity contribution in [3.05, 3.63) is 102 Å². The highest BCUT2D eigenvalue weighted by atomic mass is 19.4. The molecule has 1 unspecified atom stereocenters. The summed E-state index contributed by atoms with van der Waals surface area (Å²) < 4.78 is 55.1. The first-order chi connectivity index (χ1) is 18.1. The van der Waals surface area contributed by atoms with Crippen LogP contribution in [0.3, 0.4) is 0 Å². The van der Waals surface area contributed by atoms with Crippen LogP contribution in [0.2, 0.25) is 0 Å². The molecule has 0 saturated heterocycles. The second-order valence-corrected chi connectivity index (χ2v) is 7.75. The molecule has 1 N–H and O–H groups in total. The predicted molar refractivity (Wildman–Crippen MR) is 142 cm³/mol. The molecule has 1 aliphatic carbocycles. The first-order valence-electron chi connectivity index (χ1n) is 12.1. The molecule has 0 spiro atoms. The number of hydrogen-bond acceptors (Lipinski definition) is 4. The van der Waals surface area contributed by atoms with Gasteiger partial charge >= 0.3 is 6.18 Å².